The first kappa shape index (κ1) is 12.5. The number of hydrogen-bond donors (Lipinski definition) is 1. The van der Waals surface area contributed by atoms with Crippen LogP contribution in [0.5, 0.6) is 0 Å². The maximum Gasteiger partial charge on any atom is 0.165 e. The van der Waals surface area contributed by atoms with E-state index in [0.29, 0.717) is 22.0 Å². The largest absolute Gasteiger partial charge is 0.385 e. The Labute approximate surface area is 98.8 Å². The fraction of sp³-hybridized carbons (Fsp3) is 0.364. The summed E-state index contributed by atoms with van der Waals surface area (Å²) in [6.45, 7) is 1.75. The topological polar surface area (TPSA) is 37.3 Å². The van der Waals surface area contributed by atoms with Crippen LogP contribution in [0, 0.1) is 0 Å². The van der Waals surface area contributed by atoms with Crippen molar-refractivity contribution in [3.63, 3.8) is 0 Å². The van der Waals surface area contributed by atoms with Crippen molar-refractivity contribution in [3.05, 3.63) is 33.8 Å². The lowest BCUT2D eigenvalue weighted by atomic mass is 10.0. The number of carbonyl (C=O) groups is 1. The Bertz CT molecular complexity index is 343. The minimum absolute atomic E-state index is 0.0769. The monoisotopic (exact) mass is 246 g/mol. The summed E-state index contributed by atoms with van der Waals surface area (Å²) in [4.78, 5) is 11.5. The van der Waals surface area contributed by atoms with Gasteiger partial charge in [0.1, 0.15) is 6.10 Å². The number of ketones is 1. The van der Waals surface area contributed by atoms with Gasteiger partial charge in [-0.1, -0.05) is 36.2 Å². The van der Waals surface area contributed by atoms with Gasteiger partial charge in [-0.25, -0.2) is 0 Å². The molecular formula is C11H12Cl2O2. The summed E-state index contributed by atoms with van der Waals surface area (Å²) in [6, 6.07) is 5.07. The van der Waals surface area contributed by atoms with Gasteiger partial charge in [0.05, 0.1) is 0 Å². The molecule has 0 aliphatic carbocycles. The Kier molecular flexibility index (Phi) is 4.58. The van der Waals surface area contributed by atoms with Crippen LogP contribution >= 0.6 is 23.2 Å². The Balaban J connectivity index is 2.85. The second kappa shape index (κ2) is 5.50. The lowest BCUT2D eigenvalue weighted by molar-refractivity contribution is -0.126. The summed E-state index contributed by atoms with van der Waals surface area (Å²) in [6.07, 6.45) is -0.452. The van der Waals surface area contributed by atoms with Crippen molar-refractivity contribution in [3.8, 4) is 0 Å². The highest BCUT2D eigenvalue weighted by atomic mass is 35.5. The van der Waals surface area contributed by atoms with E-state index < -0.39 is 6.10 Å². The van der Waals surface area contributed by atoms with E-state index in [0.717, 1.165) is 0 Å². The van der Waals surface area contributed by atoms with Gasteiger partial charge in [-0.3, -0.25) is 4.79 Å². The molecule has 0 aliphatic rings. The van der Waals surface area contributed by atoms with Gasteiger partial charge >= 0.3 is 0 Å². The molecule has 0 heterocycles. The molecule has 0 spiro atoms. The van der Waals surface area contributed by atoms with Crippen molar-refractivity contribution in [1.29, 1.82) is 0 Å². The molecule has 2 nitrogen and oxygen atoms in total. The van der Waals surface area contributed by atoms with Crippen LogP contribution in [0.3, 0.4) is 0 Å². The normalized spacial score (nSPS) is 12.5. The van der Waals surface area contributed by atoms with Crippen LogP contribution in [0.15, 0.2) is 18.2 Å². The summed E-state index contributed by atoms with van der Waals surface area (Å²) in [5, 5.41) is 10.2. The summed E-state index contributed by atoms with van der Waals surface area (Å²) in [5.41, 5.74) is 0.582. The third-order valence-corrected chi connectivity index (χ3v) is 2.88. The molecule has 1 atom stereocenters. The third-order valence-electron chi connectivity index (χ3n) is 2.17. The van der Waals surface area contributed by atoms with Crippen LogP contribution in [0.1, 0.15) is 18.9 Å². The fourth-order valence-corrected chi connectivity index (χ4v) is 1.75. The minimum Gasteiger partial charge on any atom is -0.385 e. The number of halogens is 2. The van der Waals surface area contributed by atoms with Crippen LogP contribution in [0.4, 0.5) is 0 Å². The van der Waals surface area contributed by atoms with Crippen LogP contribution in [-0.4, -0.2) is 17.0 Å². The Hall–Kier alpha value is -0.570. The number of hydrogen-bond acceptors (Lipinski definition) is 2. The van der Waals surface area contributed by atoms with Crippen molar-refractivity contribution < 1.29 is 9.90 Å². The number of benzene rings is 1. The van der Waals surface area contributed by atoms with Gasteiger partial charge in [0.2, 0.25) is 0 Å². The van der Waals surface area contributed by atoms with E-state index in [1.165, 1.54) is 0 Å². The summed E-state index contributed by atoms with van der Waals surface area (Å²) >= 11 is 11.8. The first-order chi connectivity index (χ1) is 7.06. The van der Waals surface area contributed by atoms with Crippen molar-refractivity contribution in [2.24, 2.45) is 0 Å². The zero-order valence-corrected chi connectivity index (χ0v) is 9.85. The molecule has 0 saturated carbocycles. The fourth-order valence-electron chi connectivity index (χ4n) is 1.22. The molecular weight excluding hydrogens is 235 g/mol. The van der Waals surface area contributed by atoms with E-state index >= 15 is 0 Å². The first-order valence-electron chi connectivity index (χ1n) is 4.70. The van der Waals surface area contributed by atoms with Crippen molar-refractivity contribution >= 4 is 29.0 Å². The van der Waals surface area contributed by atoms with E-state index in [9.17, 15) is 9.90 Å². The Morgan fingerprint density at radius 1 is 1.40 bits per heavy atom. The van der Waals surface area contributed by atoms with Gasteiger partial charge in [0, 0.05) is 16.5 Å². The maximum absolute atomic E-state index is 11.5. The van der Waals surface area contributed by atoms with Crippen LogP contribution in [0.25, 0.3) is 0 Å². The van der Waals surface area contributed by atoms with Crippen LogP contribution < -0.4 is 0 Å². The van der Waals surface area contributed by atoms with Crippen LogP contribution in [-0.2, 0) is 11.2 Å². The van der Waals surface area contributed by atoms with E-state index in [4.69, 9.17) is 23.2 Å². The van der Waals surface area contributed by atoms with Gasteiger partial charge in [0.15, 0.2) is 5.78 Å². The second-order valence-corrected chi connectivity index (χ2v) is 4.08. The number of aliphatic hydroxyl groups is 1. The quantitative estimate of drug-likeness (QED) is 0.888. The van der Waals surface area contributed by atoms with E-state index in [1.807, 2.05) is 0 Å². The standard InChI is InChI=1S/C11H12Cl2O2/c1-2-10(14)11(15)6-7-8(12)4-3-5-9(7)13/h3-5,10,14H,2,6H2,1H3. The lowest BCUT2D eigenvalue weighted by Gasteiger charge is -2.09. The molecule has 1 aromatic carbocycles. The van der Waals surface area contributed by atoms with E-state index in [-0.39, 0.29) is 12.2 Å². The number of rotatable bonds is 4. The molecule has 0 bridgehead atoms. The molecule has 0 amide bonds. The maximum atomic E-state index is 11.5. The number of carbonyl (C=O) groups excluding carboxylic acids is 1. The smallest absolute Gasteiger partial charge is 0.165 e. The molecule has 0 fully saturated rings. The summed E-state index contributed by atoms with van der Waals surface area (Å²) in [7, 11) is 0. The van der Waals surface area contributed by atoms with Gasteiger partial charge in [-0.05, 0) is 24.1 Å². The highest BCUT2D eigenvalue weighted by Crippen LogP contribution is 2.25. The minimum atomic E-state index is -0.933. The third kappa shape index (κ3) is 3.20. The average molecular weight is 247 g/mol. The molecule has 4 heteroatoms. The highest BCUT2D eigenvalue weighted by molar-refractivity contribution is 6.36. The Morgan fingerprint density at radius 3 is 2.40 bits per heavy atom. The summed E-state index contributed by atoms with van der Waals surface area (Å²) in [5.74, 6) is -0.257. The number of aliphatic hydroxyl groups excluding tert-OH is 1. The SMILES string of the molecule is CCC(O)C(=O)Cc1c(Cl)cccc1Cl. The van der Waals surface area contributed by atoms with Gasteiger partial charge < -0.3 is 5.11 Å². The summed E-state index contributed by atoms with van der Waals surface area (Å²) < 4.78 is 0. The van der Waals surface area contributed by atoms with Gasteiger partial charge in [0.25, 0.3) is 0 Å². The molecule has 0 aromatic heterocycles. The van der Waals surface area contributed by atoms with E-state index in [2.05, 4.69) is 0 Å². The predicted octanol–water partition coefficient (Wildman–Crippen LogP) is 2.88. The van der Waals surface area contributed by atoms with Gasteiger partial charge in [-0.15, -0.1) is 0 Å². The molecule has 0 saturated heterocycles. The van der Waals surface area contributed by atoms with E-state index in [1.54, 1.807) is 25.1 Å². The van der Waals surface area contributed by atoms with Crippen molar-refractivity contribution in [2.75, 3.05) is 0 Å². The molecule has 82 valence electrons. The van der Waals surface area contributed by atoms with Crippen molar-refractivity contribution in [1.82, 2.24) is 0 Å². The zero-order chi connectivity index (χ0) is 11.4. The molecule has 0 radical (unpaired) electrons. The van der Waals surface area contributed by atoms with Crippen molar-refractivity contribution in [2.45, 2.75) is 25.9 Å². The number of Topliss-reactive ketones (excluding diaryl/α,β-unsaturated/α-hetero) is 1. The molecule has 1 N–H and O–H groups in total. The highest BCUT2D eigenvalue weighted by Gasteiger charge is 2.16. The molecule has 1 rings (SSSR count). The van der Waals surface area contributed by atoms with Crippen LogP contribution in [0.2, 0.25) is 10.0 Å². The molecule has 1 unspecified atom stereocenters. The zero-order valence-electron chi connectivity index (χ0n) is 8.34. The first-order valence-corrected chi connectivity index (χ1v) is 5.45. The molecule has 1 aromatic rings. The molecule has 0 aliphatic heterocycles. The lowest BCUT2D eigenvalue weighted by Crippen LogP contribution is -2.21. The average Bonchev–Trinajstić information content (AvgIpc) is 2.22. The molecule has 15 heavy (non-hydrogen) atoms. The Morgan fingerprint density at radius 2 is 1.93 bits per heavy atom. The predicted molar refractivity (Wildman–Crippen MR) is 61.5 cm³/mol. The van der Waals surface area contributed by atoms with Gasteiger partial charge in [-0.2, -0.15) is 0 Å². The second-order valence-electron chi connectivity index (χ2n) is 3.27.